The smallest absolute Gasteiger partial charge is 0.248 e. The van der Waals surface area contributed by atoms with Gasteiger partial charge < -0.3 is 69.4 Å². The zero-order valence-corrected chi connectivity index (χ0v) is 81.2. The lowest BCUT2D eigenvalue weighted by molar-refractivity contribution is -0.135. The number of nitrogens with one attached hydrogen (secondary N) is 5. The molecule has 4 fully saturated rings. The molecule has 4 aliphatic heterocycles. The molecule has 0 bridgehead atoms. The van der Waals surface area contributed by atoms with E-state index in [1.165, 1.54) is 123 Å². The van der Waals surface area contributed by atoms with Crippen molar-refractivity contribution < 1.29 is 24.2 Å². The van der Waals surface area contributed by atoms with Crippen LogP contribution in [0.3, 0.4) is 0 Å². The van der Waals surface area contributed by atoms with Gasteiger partial charge in [-0.25, -0.2) is 44.9 Å². The van der Waals surface area contributed by atoms with E-state index < -0.39 is 6.61 Å². The Balaban J connectivity index is 0.000000110. The Morgan fingerprint density at radius 2 is 0.755 bits per heavy atom. The van der Waals surface area contributed by atoms with E-state index in [1.807, 2.05) is 90.3 Å². The van der Waals surface area contributed by atoms with E-state index >= 15 is 0 Å². The van der Waals surface area contributed by atoms with Crippen LogP contribution in [0.15, 0.2) is 146 Å². The molecule has 2 aromatic carbocycles. The van der Waals surface area contributed by atoms with Crippen LogP contribution in [0.4, 0.5) is 47.1 Å². The lowest BCUT2D eigenvalue weighted by Gasteiger charge is -2.31. The van der Waals surface area contributed by atoms with Crippen LogP contribution in [0.25, 0.3) is 87.7 Å². The number of nitrogens with zero attached hydrogens (tertiary/aromatic N) is 21. The second kappa shape index (κ2) is 39.2. The molecule has 4 saturated carbocycles. The standard InChI is InChI=1S/2C28H32N6O.C27H31N7O3.C25H29N7/c2*1-17-8-11-21(12-9-17)34-24-7-5-4-6-22(24)23-14-29-28(32-27(23)34)31-25-13-10-20-16-33(19(3)35)15-18(2)26(20)30-25;1-16-3-6-18(7-4-16)34-22-13-28-24(37-2)11-19(22)20-12-29-27(32-26(20)34)31-23-8-5-17-14-33(25(36)15-35)10-9-21(17)30-23;1-15-3-6-18(7-4-15)32-22-14-27-16(2)11-19(22)20-13-28-25(31-24(20)32)30-23-8-5-17-12-26-10-9-21(17)29-23/h2*4-7,10,13-14,17-18,21H,8-9,11-12,15-16H2,1-3H3,(H,29,30,31,32);5,8,11-13,16,18,35H,3-4,6-7,9-10,14-15H2,1-2H3,(H,29,30,31,32);5,8,11,13-15,18,26H,3-4,6-7,9-10,12H2,1-2H3,(H,28,29,30,31)/t2*17?,18-,21?;;/m10../s1. The molecule has 6 N–H and O–H groups in total. The van der Waals surface area contributed by atoms with Gasteiger partial charge in [0.15, 0.2) is 0 Å². The molecule has 14 aromatic heterocycles. The van der Waals surface area contributed by atoms with E-state index in [9.17, 15) is 14.4 Å². The molecular formula is C108H124N26O5. The third-order valence-corrected chi connectivity index (χ3v) is 30.5. The van der Waals surface area contributed by atoms with Crippen LogP contribution in [-0.4, -0.2) is 165 Å². The Hall–Kier alpha value is -13.8. The predicted octanol–water partition coefficient (Wildman–Crippen LogP) is 20.5. The SMILES string of the molecule is CC(=O)N1Cc2ccc(Nc3ncc4c5ccccc5n(C5CCC(C)CC5)c4n3)nc2[C@@H](C)C1.CC(=O)N1Cc2ccc(Nc3ncc4c5ccccc5n(C5CCC(C)CC5)c4n3)nc2[C@H](C)C1.COc1cc2c3cnc(Nc4ccc5c(n4)CCN(C(=O)CO)C5)nc3n(C3CCC(C)CC3)c2cn1.Cc1cc2c3cnc(Nc4ccc5c(n4)CCNC5)nc3n(C3CCC(C)CC3)c2cn1. The number of rotatable bonds is 14. The molecule has 24 rings (SSSR count). The number of ether oxygens (including phenoxy) is 1. The Morgan fingerprint density at radius 3 is 1.17 bits per heavy atom. The summed E-state index contributed by atoms with van der Waals surface area (Å²) in [5.41, 5.74) is 18.2. The van der Waals surface area contributed by atoms with Crippen LogP contribution in [0.5, 0.6) is 5.88 Å². The first-order valence-corrected chi connectivity index (χ1v) is 50.2. The first-order chi connectivity index (χ1) is 67.6. The van der Waals surface area contributed by atoms with E-state index in [-0.39, 0.29) is 29.6 Å². The van der Waals surface area contributed by atoms with Crippen LogP contribution in [0.1, 0.15) is 245 Å². The number of aliphatic hydroxyl groups is 1. The van der Waals surface area contributed by atoms with Gasteiger partial charge in [-0.2, -0.15) is 19.9 Å². The monoisotopic (exact) mass is 1870 g/mol. The third kappa shape index (κ3) is 18.8. The van der Waals surface area contributed by atoms with Gasteiger partial charge in [0.25, 0.3) is 0 Å². The van der Waals surface area contributed by atoms with Gasteiger partial charge in [-0.15, -0.1) is 0 Å². The molecule has 16 aromatic rings. The van der Waals surface area contributed by atoms with E-state index in [0.29, 0.717) is 105 Å². The van der Waals surface area contributed by atoms with Gasteiger partial charge in [-0.3, -0.25) is 19.4 Å². The minimum atomic E-state index is -0.471. The maximum atomic E-state index is 11.9. The number of methoxy groups -OCH3 is 1. The van der Waals surface area contributed by atoms with Crippen molar-refractivity contribution in [3.63, 3.8) is 0 Å². The van der Waals surface area contributed by atoms with Crippen LogP contribution in [0.2, 0.25) is 0 Å². The van der Waals surface area contributed by atoms with Crippen molar-refractivity contribution in [2.24, 2.45) is 23.7 Å². The summed E-state index contributed by atoms with van der Waals surface area (Å²) in [6.07, 6.45) is 32.5. The molecule has 139 heavy (non-hydrogen) atoms. The van der Waals surface area contributed by atoms with Gasteiger partial charge in [0.2, 0.25) is 47.4 Å². The average molecular weight is 1870 g/mol. The quantitative estimate of drug-likeness (QED) is 0.0589. The largest absolute Gasteiger partial charge is 0.481 e. The number of carbonyl (C=O) groups is 3. The third-order valence-electron chi connectivity index (χ3n) is 30.5. The average Bonchev–Trinajstić information content (AvgIpc) is 1.60. The number of anilines is 8. The lowest BCUT2D eigenvalue weighted by Crippen LogP contribution is -2.37. The lowest BCUT2D eigenvalue weighted by atomic mass is 9.87. The van der Waals surface area contributed by atoms with Gasteiger partial charge in [0.1, 0.15) is 52.5 Å². The molecular weight excluding hydrogens is 1740 g/mol. The van der Waals surface area contributed by atoms with Gasteiger partial charge >= 0.3 is 0 Å². The number of aliphatic hydroxyl groups excluding tert-OH is 1. The number of carbonyl (C=O) groups excluding carboxylic acids is 3. The maximum absolute atomic E-state index is 11.9. The zero-order chi connectivity index (χ0) is 95.4. The second-order valence-electron chi connectivity index (χ2n) is 40.3. The molecule has 4 aliphatic carbocycles. The molecule has 0 saturated heterocycles. The number of hydrogen-bond acceptors (Lipinski definition) is 24. The van der Waals surface area contributed by atoms with Crippen molar-refractivity contribution in [1.29, 1.82) is 0 Å². The zero-order valence-electron chi connectivity index (χ0n) is 81.2. The van der Waals surface area contributed by atoms with Crippen LogP contribution in [0, 0.1) is 30.6 Å². The normalized spacial score (nSPS) is 21.4. The molecule has 0 spiro atoms. The minimum absolute atomic E-state index is 0.106. The summed E-state index contributed by atoms with van der Waals surface area (Å²) in [6, 6.07) is 39.1. The van der Waals surface area contributed by atoms with Crippen molar-refractivity contribution in [2.45, 2.75) is 240 Å². The van der Waals surface area contributed by atoms with Crippen molar-refractivity contribution in [2.75, 3.05) is 61.2 Å². The summed E-state index contributed by atoms with van der Waals surface area (Å²) in [4.78, 5) is 108. The highest BCUT2D eigenvalue weighted by molar-refractivity contribution is 6.10. The number of para-hydroxylation sites is 2. The highest BCUT2D eigenvalue weighted by Gasteiger charge is 2.34. The Bertz CT molecular complexity index is 7120. The van der Waals surface area contributed by atoms with Gasteiger partial charge in [0, 0.05) is 206 Å². The second-order valence-corrected chi connectivity index (χ2v) is 40.3. The fraction of sp³-hybridized carbons (Fsp3) is 0.435. The van der Waals surface area contributed by atoms with Gasteiger partial charge in [-0.1, -0.05) is 102 Å². The summed E-state index contributed by atoms with van der Waals surface area (Å²) in [5, 5.41) is 34.8. The highest BCUT2D eigenvalue weighted by Crippen LogP contribution is 2.46. The first kappa shape index (κ1) is 91.6. The fourth-order valence-corrected chi connectivity index (χ4v) is 22.7. The Kier molecular flexibility index (Phi) is 25.8. The van der Waals surface area contributed by atoms with Crippen LogP contribution < -0.4 is 31.3 Å². The molecule has 0 radical (unpaired) electrons. The number of aryl methyl sites for hydroxylation is 1. The van der Waals surface area contributed by atoms with E-state index in [4.69, 9.17) is 49.7 Å². The van der Waals surface area contributed by atoms with Crippen LogP contribution >= 0.6 is 0 Å². The van der Waals surface area contributed by atoms with Crippen LogP contribution in [-0.2, 0) is 53.4 Å². The number of pyridine rings is 6. The predicted molar refractivity (Wildman–Crippen MR) is 544 cm³/mol. The number of benzene rings is 2. The molecule has 8 aliphatic rings. The van der Waals surface area contributed by atoms with E-state index in [1.54, 1.807) is 25.9 Å². The summed E-state index contributed by atoms with van der Waals surface area (Å²) < 4.78 is 15.0. The highest BCUT2D eigenvalue weighted by atomic mass is 16.5. The minimum Gasteiger partial charge on any atom is -0.481 e. The molecule has 2 atom stereocenters. The molecule has 3 amide bonds. The van der Waals surface area contributed by atoms with Crippen molar-refractivity contribution in [3.8, 4) is 5.88 Å². The summed E-state index contributed by atoms with van der Waals surface area (Å²) in [7, 11) is 1.63. The van der Waals surface area contributed by atoms with Crippen molar-refractivity contribution >= 4 is 153 Å². The molecule has 0 unspecified atom stereocenters. The van der Waals surface area contributed by atoms with E-state index in [2.05, 4.69) is 189 Å². The molecule has 18 heterocycles. The number of aromatic nitrogens is 18. The molecule has 31 heteroatoms. The number of hydrogen-bond donors (Lipinski definition) is 6. The maximum Gasteiger partial charge on any atom is 0.248 e. The number of amides is 3. The summed E-state index contributed by atoms with van der Waals surface area (Å²) in [6.45, 7) is 24.0. The summed E-state index contributed by atoms with van der Waals surface area (Å²) in [5.74, 6) is 9.18. The number of fused-ring (bicyclic) bond motifs is 16. The van der Waals surface area contributed by atoms with Gasteiger partial charge in [-0.05, 0) is 198 Å². The van der Waals surface area contributed by atoms with E-state index in [0.717, 1.165) is 179 Å². The molecule has 716 valence electrons. The Labute approximate surface area is 808 Å². The van der Waals surface area contributed by atoms with Gasteiger partial charge in [0.05, 0.1) is 53.0 Å². The first-order valence-electron chi connectivity index (χ1n) is 50.2. The topological polar surface area (TPSA) is 351 Å². The fourth-order valence-electron chi connectivity index (χ4n) is 22.7. The van der Waals surface area contributed by atoms with Crippen molar-refractivity contribution in [3.05, 3.63) is 197 Å². The Morgan fingerprint density at radius 1 is 0.388 bits per heavy atom. The molecule has 31 nitrogen and oxygen atoms in total. The summed E-state index contributed by atoms with van der Waals surface area (Å²) >= 11 is 0. The van der Waals surface area contributed by atoms with Crippen molar-refractivity contribution in [1.82, 2.24) is 108 Å².